The highest BCUT2D eigenvalue weighted by Crippen LogP contribution is 2.55. The molecule has 0 unspecified atom stereocenters. The number of likely N-dealkylation sites (tertiary alicyclic amines) is 1. The Hall–Kier alpha value is -3.31. The number of nitrogen functional groups attached to an aromatic ring is 1. The number of piperazine rings is 1. The molecule has 45 heavy (non-hydrogen) atoms. The Balaban J connectivity index is 1.20. The third-order valence-corrected chi connectivity index (χ3v) is 11.7. The average Bonchev–Trinajstić information content (AvgIpc) is 3.71. The molecule has 3 aromatic heterocycles. The molecule has 0 aromatic carbocycles. The zero-order valence-electron chi connectivity index (χ0n) is 25.8. The van der Waals surface area contributed by atoms with Gasteiger partial charge in [0, 0.05) is 48.7 Å². The number of likely N-dealkylation sites (N-methyl/N-ethyl adjacent to an activating group) is 1. The summed E-state index contributed by atoms with van der Waals surface area (Å²) >= 11 is 1.53. The maximum atomic E-state index is 14.3. The lowest BCUT2D eigenvalue weighted by molar-refractivity contribution is -0.0743. The van der Waals surface area contributed by atoms with Gasteiger partial charge in [-0.05, 0) is 64.5 Å². The van der Waals surface area contributed by atoms with Crippen LogP contribution in [-0.4, -0.2) is 90.3 Å². The number of alkyl halides is 1. The first-order chi connectivity index (χ1) is 21.8. The van der Waals surface area contributed by atoms with Gasteiger partial charge in [-0.3, -0.25) is 4.90 Å². The fourth-order valence-corrected chi connectivity index (χ4v) is 9.60. The Morgan fingerprint density at radius 3 is 2.82 bits per heavy atom. The molecule has 8 rings (SSSR count). The normalized spacial score (nSPS) is 28.0. The van der Waals surface area contributed by atoms with Gasteiger partial charge in [-0.1, -0.05) is 5.16 Å². The Kier molecular flexibility index (Phi) is 7.05. The number of anilines is 2. The monoisotopic (exact) mass is 634 g/mol. The van der Waals surface area contributed by atoms with E-state index in [1.807, 2.05) is 24.9 Å². The first-order valence-electron chi connectivity index (χ1n) is 16.1. The molecule has 3 fully saturated rings. The Bertz CT molecular complexity index is 1660. The summed E-state index contributed by atoms with van der Waals surface area (Å²) < 4.78 is 32.6. The number of hydrogen-bond acceptors (Lipinski definition) is 12. The number of nitriles is 1. The van der Waals surface area contributed by atoms with Crippen LogP contribution >= 0.6 is 11.3 Å². The van der Waals surface area contributed by atoms with Gasteiger partial charge in [-0.25, -0.2) is 9.37 Å². The molecule has 0 bridgehead atoms. The van der Waals surface area contributed by atoms with Gasteiger partial charge >= 0.3 is 0 Å². The molecule has 0 saturated carbocycles. The molecule has 0 radical (unpaired) electrons. The second kappa shape index (κ2) is 10.9. The molecule has 5 aliphatic rings. The molecule has 0 amide bonds. The van der Waals surface area contributed by atoms with E-state index in [9.17, 15) is 9.65 Å². The van der Waals surface area contributed by atoms with E-state index in [0.717, 1.165) is 80.9 Å². The topological polar surface area (TPSA) is 139 Å². The van der Waals surface area contributed by atoms with Crippen molar-refractivity contribution in [2.45, 2.75) is 81.1 Å². The van der Waals surface area contributed by atoms with Gasteiger partial charge in [0.2, 0.25) is 5.88 Å². The van der Waals surface area contributed by atoms with Gasteiger partial charge in [0.1, 0.15) is 29.2 Å². The SMILES string of the molecule is C[C@H](Oc1cc(N2CCNC3(COC3)C2)nc(-c2noc3c2CCC[C@@]32CCCc3sc(N)c(C#N)c32)n1)[C@@H]1C[C@@H](F)CN1C. The van der Waals surface area contributed by atoms with Crippen LogP contribution in [0.15, 0.2) is 10.6 Å². The van der Waals surface area contributed by atoms with Crippen molar-refractivity contribution >= 4 is 22.2 Å². The van der Waals surface area contributed by atoms with Gasteiger partial charge in [-0.15, -0.1) is 11.3 Å². The minimum Gasteiger partial charge on any atom is -0.473 e. The van der Waals surface area contributed by atoms with E-state index in [4.69, 9.17) is 29.7 Å². The number of nitrogens with zero attached hydrogens (tertiary/aromatic N) is 6. The molecule has 238 valence electrons. The number of aryl methyl sites for hydroxylation is 1. The molecule has 13 heteroatoms. The smallest absolute Gasteiger partial charge is 0.219 e. The predicted octanol–water partition coefficient (Wildman–Crippen LogP) is 3.59. The number of halogens is 1. The molecule has 3 aliphatic heterocycles. The lowest BCUT2D eigenvalue weighted by Crippen LogP contribution is -2.70. The van der Waals surface area contributed by atoms with Crippen LogP contribution in [-0.2, 0) is 23.0 Å². The summed E-state index contributed by atoms with van der Waals surface area (Å²) in [6.07, 6.45) is 4.70. The molecule has 3 N–H and O–H groups in total. The van der Waals surface area contributed by atoms with Crippen molar-refractivity contribution in [3.05, 3.63) is 33.4 Å². The van der Waals surface area contributed by atoms with Crippen molar-refractivity contribution < 1.29 is 18.4 Å². The van der Waals surface area contributed by atoms with E-state index in [0.29, 0.717) is 54.1 Å². The molecule has 3 saturated heterocycles. The fourth-order valence-electron chi connectivity index (χ4n) is 8.44. The third kappa shape index (κ3) is 4.71. The third-order valence-electron chi connectivity index (χ3n) is 10.6. The lowest BCUT2D eigenvalue weighted by Gasteiger charge is -2.49. The van der Waals surface area contributed by atoms with Gasteiger partial charge in [-0.2, -0.15) is 10.2 Å². The number of ether oxygens (including phenoxy) is 2. The molecule has 4 atom stereocenters. The summed E-state index contributed by atoms with van der Waals surface area (Å²) in [6.45, 7) is 6.07. The number of nitrogens with one attached hydrogen (secondary N) is 1. The number of fused-ring (bicyclic) bond motifs is 4. The lowest BCUT2D eigenvalue weighted by atomic mass is 9.63. The zero-order valence-corrected chi connectivity index (χ0v) is 26.6. The maximum Gasteiger partial charge on any atom is 0.219 e. The number of thiophene rings is 1. The van der Waals surface area contributed by atoms with E-state index in [-0.39, 0.29) is 17.7 Å². The standard InChI is InChI=1S/C32H39FN8O3S/c1-18(22-11-19(33)14-40(22)2)43-25-12-24(41-10-9-36-31(15-41)16-42-17-31)37-30(38-25)27-20-5-3-7-32(28(20)44-39-27)8-4-6-23-26(32)21(13-34)29(35)45-23/h12,18-19,22,36H,3-11,14-17,35H2,1-2H3/t18-,19+,22-,32-/m0/s1. The van der Waals surface area contributed by atoms with Crippen LogP contribution in [0.1, 0.15) is 66.4 Å². The van der Waals surface area contributed by atoms with Crippen LogP contribution in [0, 0.1) is 11.3 Å². The van der Waals surface area contributed by atoms with Gasteiger partial charge < -0.3 is 29.9 Å². The molecular weight excluding hydrogens is 595 g/mol. The molecule has 11 nitrogen and oxygen atoms in total. The quantitative estimate of drug-likeness (QED) is 0.426. The van der Waals surface area contributed by atoms with Crippen LogP contribution in [0.5, 0.6) is 5.88 Å². The van der Waals surface area contributed by atoms with Gasteiger partial charge in [0.15, 0.2) is 17.3 Å². The van der Waals surface area contributed by atoms with Gasteiger partial charge in [0.05, 0.1) is 29.7 Å². The predicted molar refractivity (Wildman–Crippen MR) is 167 cm³/mol. The van der Waals surface area contributed by atoms with Crippen LogP contribution in [0.2, 0.25) is 0 Å². The molecule has 2 spiro atoms. The molecule has 2 aliphatic carbocycles. The summed E-state index contributed by atoms with van der Waals surface area (Å²) in [5.74, 6) is 2.48. The summed E-state index contributed by atoms with van der Waals surface area (Å²) in [4.78, 5) is 15.5. The van der Waals surface area contributed by atoms with Crippen LogP contribution in [0.25, 0.3) is 11.5 Å². The summed E-state index contributed by atoms with van der Waals surface area (Å²) in [5, 5.41) is 18.9. The number of aromatic nitrogens is 3. The van der Waals surface area contributed by atoms with Crippen molar-refractivity contribution in [2.24, 2.45) is 0 Å². The zero-order chi connectivity index (χ0) is 30.9. The van der Waals surface area contributed by atoms with E-state index >= 15 is 0 Å². The largest absolute Gasteiger partial charge is 0.473 e. The molecule has 3 aromatic rings. The van der Waals surface area contributed by atoms with E-state index in [2.05, 4.69) is 21.4 Å². The Morgan fingerprint density at radius 1 is 1.27 bits per heavy atom. The van der Waals surface area contributed by atoms with Crippen molar-refractivity contribution in [1.82, 2.24) is 25.3 Å². The molecular formula is C32H39FN8O3S. The second-order valence-electron chi connectivity index (χ2n) is 13.6. The van der Waals surface area contributed by atoms with Crippen molar-refractivity contribution in [3.63, 3.8) is 0 Å². The summed E-state index contributed by atoms with van der Waals surface area (Å²) in [5.41, 5.74) is 9.08. The highest BCUT2D eigenvalue weighted by atomic mass is 32.1. The number of nitrogens with two attached hydrogens (primary N) is 1. The number of rotatable bonds is 5. The second-order valence-corrected chi connectivity index (χ2v) is 14.7. The van der Waals surface area contributed by atoms with E-state index in [1.54, 1.807) is 0 Å². The van der Waals surface area contributed by atoms with E-state index < -0.39 is 11.6 Å². The van der Waals surface area contributed by atoms with E-state index in [1.165, 1.54) is 16.2 Å². The first kappa shape index (κ1) is 29.1. The maximum absolute atomic E-state index is 14.3. The van der Waals surface area contributed by atoms with Crippen LogP contribution < -0.4 is 20.7 Å². The first-order valence-corrected chi connectivity index (χ1v) is 16.9. The Morgan fingerprint density at radius 2 is 2.09 bits per heavy atom. The number of hydrogen-bond donors (Lipinski definition) is 2. The van der Waals surface area contributed by atoms with Crippen LogP contribution in [0.3, 0.4) is 0 Å². The Labute approximate surface area is 265 Å². The average molecular weight is 635 g/mol. The summed E-state index contributed by atoms with van der Waals surface area (Å²) in [6, 6.07) is 4.24. The van der Waals surface area contributed by atoms with Gasteiger partial charge in [0.25, 0.3) is 0 Å². The molecule has 6 heterocycles. The van der Waals surface area contributed by atoms with Crippen LogP contribution in [0.4, 0.5) is 15.2 Å². The van der Waals surface area contributed by atoms with Crippen molar-refractivity contribution in [1.29, 1.82) is 5.26 Å². The highest BCUT2D eigenvalue weighted by molar-refractivity contribution is 7.16. The minimum atomic E-state index is -0.862. The highest BCUT2D eigenvalue weighted by Gasteiger charge is 2.49. The van der Waals surface area contributed by atoms with Crippen molar-refractivity contribution in [2.75, 3.05) is 57.1 Å². The minimum absolute atomic E-state index is 0.0519. The summed E-state index contributed by atoms with van der Waals surface area (Å²) in [7, 11) is 1.94. The fraction of sp³-hybridized carbons (Fsp3) is 0.625. The van der Waals surface area contributed by atoms with Crippen molar-refractivity contribution in [3.8, 4) is 23.5 Å².